The van der Waals surface area contributed by atoms with Gasteiger partial charge in [0, 0.05) is 31.9 Å². The van der Waals surface area contributed by atoms with Gasteiger partial charge in [0.05, 0.1) is 5.69 Å². The Morgan fingerprint density at radius 3 is 3.24 bits per heavy atom. The predicted octanol–water partition coefficient (Wildman–Crippen LogP) is 0.969. The quantitative estimate of drug-likeness (QED) is 0.825. The number of hydrogen-bond donors (Lipinski definition) is 1. The summed E-state index contributed by atoms with van der Waals surface area (Å²) in [5.74, 6) is 1.73. The van der Waals surface area contributed by atoms with E-state index in [1.165, 1.54) is 32.5 Å². The number of nitrogens with zero attached hydrogens (tertiary/aromatic N) is 3. The number of nitrogens with one attached hydrogen (secondary N) is 1. The van der Waals surface area contributed by atoms with Crippen molar-refractivity contribution < 1.29 is 0 Å². The number of piperidine rings is 1. The van der Waals surface area contributed by atoms with Crippen molar-refractivity contribution >= 4 is 0 Å². The highest BCUT2D eigenvalue weighted by Crippen LogP contribution is 2.25. The summed E-state index contributed by atoms with van der Waals surface area (Å²) in [6.07, 6.45) is 4.58. The smallest absolute Gasteiger partial charge is 0.125 e. The number of aromatic nitrogens is 2. The zero-order valence-corrected chi connectivity index (χ0v) is 10.4. The van der Waals surface area contributed by atoms with Crippen LogP contribution in [0.1, 0.15) is 24.4 Å². The highest BCUT2D eigenvalue weighted by atomic mass is 15.2. The lowest BCUT2D eigenvalue weighted by molar-refractivity contribution is 0.309. The third kappa shape index (κ3) is 2.48. The maximum Gasteiger partial charge on any atom is 0.125 e. The van der Waals surface area contributed by atoms with Crippen molar-refractivity contribution in [3.8, 4) is 0 Å². The highest BCUT2D eigenvalue weighted by molar-refractivity contribution is 5.03. The van der Waals surface area contributed by atoms with Gasteiger partial charge >= 0.3 is 0 Å². The second-order valence-corrected chi connectivity index (χ2v) is 5.25. The van der Waals surface area contributed by atoms with Crippen molar-refractivity contribution in [1.82, 2.24) is 20.2 Å². The minimum Gasteiger partial charge on any atom is -0.312 e. The van der Waals surface area contributed by atoms with Crippen LogP contribution in [-0.4, -0.2) is 40.5 Å². The molecule has 3 rings (SSSR count). The van der Waals surface area contributed by atoms with Crippen LogP contribution in [0.5, 0.6) is 0 Å². The maximum absolute atomic E-state index is 4.48. The molecule has 4 nitrogen and oxygen atoms in total. The first-order valence-corrected chi connectivity index (χ1v) is 6.55. The minimum atomic E-state index is 0.715. The van der Waals surface area contributed by atoms with Gasteiger partial charge in [0.2, 0.25) is 0 Å². The lowest BCUT2D eigenvalue weighted by atomic mass is 9.94. The molecule has 0 saturated carbocycles. The van der Waals surface area contributed by atoms with Crippen LogP contribution in [0.15, 0.2) is 12.3 Å². The standard InChI is InChI=1S/C13H20N4/c1-10-14-6-4-12(16-10)8-17-7-11-3-2-5-15-13(11)9-17/h4,6,11,13,15H,2-3,5,7-9H2,1H3/t11-,13+/m0/s1. The molecule has 0 radical (unpaired) electrons. The van der Waals surface area contributed by atoms with Crippen molar-refractivity contribution in [3.63, 3.8) is 0 Å². The Kier molecular flexibility index (Phi) is 3.07. The lowest BCUT2D eigenvalue weighted by Crippen LogP contribution is -2.40. The molecule has 2 atom stereocenters. The fourth-order valence-corrected chi connectivity index (χ4v) is 3.09. The molecule has 17 heavy (non-hydrogen) atoms. The normalized spacial score (nSPS) is 29.2. The first-order chi connectivity index (χ1) is 8.31. The molecule has 0 aliphatic carbocycles. The monoisotopic (exact) mass is 232 g/mol. The van der Waals surface area contributed by atoms with Gasteiger partial charge in [-0.1, -0.05) is 0 Å². The number of fused-ring (bicyclic) bond motifs is 1. The van der Waals surface area contributed by atoms with Crippen molar-refractivity contribution in [2.24, 2.45) is 5.92 Å². The molecule has 0 amide bonds. The molecule has 0 spiro atoms. The molecule has 1 aromatic rings. The van der Waals surface area contributed by atoms with Crippen LogP contribution in [-0.2, 0) is 6.54 Å². The lowest BCUT2D eigenvalue weighted by Gasteiger charge is -2.24. The molecule has 2 aliphatic heterocycles. The van der Waals surface area contributed by atoms with Gasteiger partial charge in [0.15, 0.2) is 0 Å². The van der Waals surface area contributed by atoms with Crippen LogP contribution in [0.4, 0.5) is 0 Å². The van der Waals surface area contributed by atoms with Crippen LogP contribution < -0.4 is 5.32 Å². The minimum absolute atomic E-state index is 0.715. The van der Waals surface area contributed by atoms with E-state index in [9.17, 15) is 0 Å². The van der Waals surface area contributed by atoms with Gasteiger partial charge in [-0.2, -0.15) is 0 Å². The molecular formula is C13H20N4. The molecule has 4 heteroatoms. The van der Waals surface area contributed by atoms with Crippen LogP contribution in [0, 0.1) is 12.8 Å². The van der Waals surface area contributed by atoms with E-state index >= 15 is 0 Å². The summed E-state index contributed by atoms with van der Waals surface area (Å²) in [5.41, 5.74) is 1.15. The summed E-state index contributed by atoms with van der Waals surface area (Å²) in [6.45, 7) is 6.52. The van der Waals surface area contributed by atoms with Gasteiger partial charge in [-0.25, -0.2) is 9.97 Å². The van der Waals surface area contributed by atoms with Crippen LogP contribution in [0.25, 0.3) is 0 Å². The molecule has 1 N–H and O–H groups in total. The zero-order chi connectivity index (χ0) is 11.7. The highest BCUT2D eigenvalue weighted by Gasteiger charge is 2.33. The van der Waals surface area contributed by atoms with Crippen LogP contribution >= 0.6 is 0 Å². The molecule has 2 saturated heterocycles. The third-order valence-electron chi connectivity index (χ3n) is 3.89. The molecule has 1 aromatic heterocycles. The Morgan fingerprint density at radius 1 is 1.47 bits per heavy atom. The van der Waals surface area contributed by atoms with Crippen molar-refractivity contribution in [2.75, 3.05) is 19.6 Å². The summed E-state index contributed by atoms with van der Waals surface area (Å²) >= 11 is 0. The summed E-state index contributed by atoms with van der Waals surface area (Å²) < 4.78 is 0. The number of aryl methyl sites for hydroxylation is 1. The second kappa shape index (κ2) is 4.70. The van der Waals surface area contributed by atoms with E-state index in [2.05, 4.69) is 20.2 Å². The third-order valence-corrected chi connectivity index (χ3v) is 3.89. The number of rotatable bonds is 2. The average Bonchev–Trinajstić information content (AvgIpc) is 2.71. The zero-order valence-electron chi connectivity index (χ0n) is 10.4. The van der Waals surface area contributed by atoms with Crippen molar-refractivity contribution in [3.05, 3.63) is 23.8 Å². The van der Waals surface area contributed by atoms with Gasteiger partial charge in [-0.05, 0) is 38.3 Å². The van der Waals surface area contributed by atoms with E-state index in [1.807, 2.05) is 19.2 Å². The molecule has 92 valence electrons. The fourth-order valence-electron chi connectivity index (χ4n) is 3.09. The first-order valence-electron chi connectivity index (χ1n) is 6.55. The van der Waals surface area contributed by atoms with E-state index in [-0.39, 0.29) is 0 Å². The summed E-state index contributed by atoms with van der Waals surface area (Å²) in [6, 6.07) is 2.74. The first kappa shape index (κ1) is 11.1. The second-order valence-electron chi connectivity index (χ2n) is 5.25. The Balaban J connectivity index is 1.63. The van der Waals surface area contributed by atoms with Gasteiger partial charge < -0.3 is 5.32 Å². The Morgan fingerprint density at radius 2 is 2.41 bits per heavy atom. The SMILES string of the molecule is Cc1nccc(CN2C[C@@H]3CCCN[C@@H]3C2)n1. The average molecular weight is 232 g/mol. The Bertz CT molecular complexity index is 379. The van der Waals surface area contributed by atoms with Crippen LogP contribution in [0.2, 0.25) is 0 Å². The molecule has 0 bridgehead atoms. The summed E-state index contributed by atoms with van der Waals surface area (Å²) in [5, 5.41) is 3.63. The van der Waals surface area contributed by atoms with E-state index in [4.69, 9.17) is 0 Å². The largest absolute Gasteiger partial charge is 0.312 e. The Hall–Kier alpha value is -1.00. The van der Waals surface area contributed by atoms with Crippen molar-refractivity contribution in [1.29, 1.82) is 0 Å². The molecule has 2 fully saturated rings. The van der Waals surface area contributed by atoms with Gasteiger partial charge in [-0.15, -0.1) is 0 Å². The van der Waals surface area contributed by atoms with Gasteiger partial charge in [0.1, 0.15) is 5.82 Å². The van der Waals surface area contributed by atoms with Gasteiger partial charge in [0.25, 0.3) is 0 Å². The van der Waals surface area contributed by atoms with E-state index < -0.39 is 0 Å². The van der Waals surface area contributed by atoms with Gasteiger partial charge in [-0.3, -0.25) is 4.90 Å². The molecular weight excluding hydrogens is 212 g/mol. The van der Waals surface area contributed by atoms with E-state index in [0.29, 0.717) is 6.04 Å². The Labute approximate surface area is 102 Å². The topological polar surface area (TPSA) is 41.1 Å². The summed E-state index contributed by atoms with van der Waals surface area (Å²) in [4.78, 5) is 11.1. The predicted molar refractivity (Wildman–Crippen MR) is 66.6 cm³/mol. The number of hydrogen-bond acceptors (Lipinski definition) is 4. The van der Waals surface area contributed by atoms with E-state index in [0.717, 1.165) is 24.0 Å². The molecule has 3 heterocycles. The molecule has 0 unspecified atom stereocenters. The molecule has 2 aliphatic rings. The van der Waals surface area contributed by atoms with E-state index in [1.54, 1.807) is 0 Å². The fraction of sp³-hybridized carbons (Fsp3) is 0.692. The number of likely N-dealkylation sites (tertiary alicyclic amines) is 1. The van der Waals surface area contributed by atoms with Crippen LogP contribution in [0.3, 0.4) is 0 Å². The summed E-state index contributed by atoms with van der Waals surface area (Å²) in [7, 11) is 0. The maximum atomic E-state index is 4.48. The molecule has 0 aromatic carbocycles. The van der Waals surface area contributed by atoms with Crippen molar-refractivity contribution in [2.45, 2.75) is 32.4 Å².